The standard InChI is InChI=1S/C35H51N5O6S.2C4H10.C2H6/c1-8-11-18-27(29(41)32(43)36-19-10-3)38-31(42)28-20-24(4)21-40(28)33(44)30(35(5,6)7)39-34(45)37-26(15-9-2)23-47(46)22-25-16-13-12-14-17-25;2*1-3-4-2;1-2/h1,10,12-14,16-17,24,26-28,30H,3,9,11,15,18-23H2,2,4-7H3,(H,36,43)(H,38,42)(H2,37,39,45);2*3-4H2,1-2H3;1-2H3/t24-,26?,27?,28+,30?,47?;;;/m1.../s1. The molecule has 0 aliphatic carbocycles. The van der Waals surface area contributed by atoms with Crippen LogP contribution in [0.2, 0.25) is 0 Å². The average Bonchev–Trinajstić information content (AvgIpc) is 3.59. The number of carbonyl (C=O) groups excluding carboxylic acids is 5. The van der Waals surface area contributed by atoms with Crippen LogP contribution >= 0.6 is 0 Å². The van der Waals surface area contributed by atoms with Crippen molar-refractivity contribution in [2.75, 3.05) is 18.8 Å². The number of carbonyl (C=O) groups is 5. The summed E-state index contributed by atoms with van der Waals surface area (Å²) in [5.74, 6) is 0.315. The molecule has 1 aromatic rings. The van der Waals surface area contributed by atoms with Gasteiger partial charge in [-0.05, 0) is 36.2 Å². The summed E-state index contributed by atoms with van der Waals surface area (Å²) in [4.78, 5) is 67.6. The highest BCUT2D eigenvalue weighted by Crippen LogP contribution is 2.28. The van der Waals surface area contributed by atoms with Gasteiger partial charge in [-0.3, -0.25) is 23.4 Å². The quantitative estimate of drug-likeness (QED) is 0.0646. The first-order valence-electron chi connectivity index (χ1n) is 21.0. The Hall–Kier alpha value is -3.98. The number of terminal acetylenes is 1. The van der Waals surface area contributed by atoms with Gasteiger partial charge in [-0.2, -0.15) is 0 Å². The average molecular weight is 816 g/mol. The molecule has 2 rings (SSSR count). The normalized spacial score (nSPS) is 16.4. The Bertz CT molecular complexity index is 1380. The van der Waals surface area contributed by atoms with Crippen LogP contribution in [0.3, 0.4) is 0 Å². The van der Waals surface area contributed by atoms with Gasteiger partial charge in [0.25, 0.3) is 5.91 Å². The Labute approximate surface area is 348 Å². The molecule has 1 saturated heterocycles. The van der Waals surface area contributed by atoms with Gasteiger partial charge in [0.05, 0.1) is 6.04 Å². The zero-order valence-electron chi connectivity index (χ0n) is 37.1. The first kappa shape index (κ1) is 55.1. The van der Waals surface area contributed by atoms with Gasteiger partial charge < -0.3 is 26.2 Å². The van der Waals surface area contributed by atoms with E-state index in [0.717, 1.165) is 12.0 Å². The highest BCUT2D eigenvalue weighted by atomic mass is 32.2. The lowest BCUT2D eigenvalue weighted by Crippen LogP contribution is -2.60. The predicted molar refractivity (Wildman–Crippen MR) is 237 cm³/mol. The van der Waals surface area contributed by atoms with Crippen molar-refractivity contribution in [3.05, 3.63) is 48.6 Å². The zero-order chi connectivity index (χ0) is 44.0. The minimum Gasteiger partial charge on any atom is -0.346 e. The monoisotopic (exact) mass is 816 g/mol. The molecule has 1 heterocycles. The second-order valence-corrected chi connectivity index (χ2v) is 16.7. The Balaban J connectivity index is 0. The Morgan fingerprint density at radius 2 is 1.51 bits per heavy atom. The summed E-state index contributed by atoms with van der Waals surface area (Å²) in [5, 5.41) is 10.8. The molecule has 6 atom stereocenters. The van der Waals surface area contributed by atoms with E-state index in [4.69, 9.17) is 6.42 Å². The third-order valence-electron chi connectivity index (χ3n) is 8.86. The third kappa shape index (κ3) is 23.1. The maximum Gasteiger partial charge on any atom is 0.315 e. The fraction of sp³-hybridized carbons (Fsp3) is 0.667. The van der Waals surface area contributed by atoms with Gasteiger partial charge in [-0.25, -0.2) is 4.79 Å². The molecule has 0 bridgehead atoms. The summed E-state index contributed by atoms with van der Waals surface area (Å²) >= 11 is 0. The SMILES string of the molecule is C#CCCC(NC(=O)[C@@H]1C[C@@H](C)CN1C(=O)C(NC(=O)NC(CCC)CS(=O)Cc1ccccc1)C(C)(C)C)C(=O)C(=O)NCC=C.CC.CCCC.CCCC. The summed E-state index contributed by atoms with van der Waals surface area (Å²) in [6.07, 6.45) is 14.0. The van der Waals surface area contributed by atoms with E-state index in [-0.39, 0.29) is 43.6 Å². The van der Waals surface area contributed by atoms with Crippen molar-refractivity contribution in [2.24, 2.45) is 11.3 Å². The molecular weight excluding hydrogens is 739 g/mol. The van der Waals surface area contributed by atoms with Crippen molar-refractivity contribution >= 4 is 40.3 Å². The minimum absolute atomic E-state index is 0.0339. The number of urea groups is 1. The van der Waals surface area contributed by atoms with E-state index >= 15 is 0 Å². The number of rotatable bonds is 19. The number of nitrogens with one attached hydrogen (secondary N) is 4. The third-order valence-corrected chi connectivity index (χ3v) is 10.3. The van der Waals surface area contributed by atoms with E-state index < -0.39 is 63.9 Å². The maximum absolute atomic E-state index is 14.1. The zero-order valence-corrected chi connectivity index (χ0v) is 37.9. The van der Waals surface area contributed by atoms with Gasteiger partial charge in [0, 0.05) is 47.9 Å². The Morgan fingerprint density at radius 1 is 0.930 bits per heavy atom. The molecule has 1 aliphatic heterocycles. The number of hydrogen-bond donors (Lipinski definition) is 4. The number of benzene rings is 1. The van der Waals surface area contributed by atoms with Crippen LogP contribution in [0.1, 0.15) is 140 Å². The fourth-order valence-electron chi connectivity index (χ4n) is 5.47. The summed E-state index contributed by atoms with van der Waals surface area (Å²) < 4.78 is 12.9. The molecule has 4 unspecified atom stereocenters. The minimum atomic E-state index is -1.22. The van der Waals surface area contributed by atoms with Gasteiger partial charge in [0.15, 0.2) is 0 Å². The lowest BCUT2D eigenvalue weighted by Gasteiger charge is -2.36. The summed E-state index contributed by atoms with van der Waals surface area (Å²) in [5.41, 5.74) is 0.219. The lowest BCUT2D eigenvalue weighted by molar-refractivity contribution is -0.143. The molecule has 4 N–H and O–H groups in total. The van der Waals surface area contributed by atoms with Crippen LogP contribution in [0.4, 0.5) is 4.79 Å². The topological polar surface area (TPSA) is 154 Å². The molecule has 0 saturated carbocycles. The first-order valence-corrected chi connectivity index (χ1v) is 22.5. The summed E-state index contributed by atoms with van der Waals surface area (Å²) in [6, 6.07) is 5.49. The van der Waals surface area contributed by atoms with Crippen molar-refractivity contribution in [3.63, 3.8) is 0 Å². The van der Waals surface area contributed by atoms with Gasteiger partial charge >= 0.3 is 6.03 Å². The number of Topliss-reactive ketones (excluding diaryl/α,β-unsaturated/α-hetero) is 1. The maximum atomic E-state index is 14.1. The first-order chi connectivity index (χ1) is 27.0. The Morgan fingerprint density at radius 3 is 2.00 bits per heavy atom. The van der Waals surface area contributed by atoms with Gasteiger partial charge in [0.2, 0.25) is 17.6 Å². The number of hydrogen-bond acceptors (Lipinski definition) is 6. The number of nitrogens with zero attached hydrogens (tertiary/aromatic N) is 1. The lowest BCUT2D eigenvalue weighted by atomic mass is 9.85. The molecule has 5 amide bonds. The molecule has 1 fully saturated rings. The highest BCUT2D eigenvalue weighted by Gasteiger charge is 2.44. The van der Waals surface area contributed by atoms with Crippen molar-refractivity contribution < 1.29 is 28.2 Å². The van der Waals surface area contributed by atoms with Crippen molar-refractivity contribution in [3.8, 4) is 12.3 Å². The van der Waals surface area contributed by atoms with Crippen molar-refractivity contribution in [2.45, 2.75) is 164 Å². The van der Waals surface area contributed by atoms with Crippen molar-refractivity contribution in [1.29, 1.82) is 0 Å². The number of unbranched alkanes of at least 4 members (excludes halogenated alkanes) is 2. The molecule has 0 aromatic heterocycles. The molecule has 11 nitrogen and oxygen atoms in total. The Kier molecular flexibility index (Phi) is 31.0. The van der Waals surface area contributed by atoms with Crippen LogP contribution in [0.5, 0.6) is 0 Å². The van der Waals surface area contributed by atoms with Gasteiger partial charge in [-0.15, -0.1) is 18.9 Å². The number of amides is 5. The van der Waals surface area contributed by atoms with E-state index in [1.807, 2.05) is 78.8 Å². The van der Waals surface area contributed by atoms with E-state index in [1.54, 1.807) is 0 Å². The second kappa shape index (κ2) is 32.0. The van der Waals surface area contributed by atoms with Crippen LogP contribution in [0, 0.1) is 23.7 Å². The second-order valence-electron chi connectivity index (χ2n) is 15.2. The van der Waals surface area contributed by atoms with E-state index in [2.05, 4.69) is 61.5 Å². The summed E-state index contributed by atoms with van der Waals surface area (Å²) in [6.45, 7) is 25.9. The van der Waals surface area contributed by atoms with E-state index in [9.17, 15) is 28.2 Å². The predicted octanol–water partition coefficient (Wildman–Crippen LogP) is 7.46. The van der Waals surface area contributed by atoms with E-state index in [1.165, 1.54) is 36.7 Å². The molecule has 57 heavy (non-hydrogen) atoms. The van der Waals surface area contributed by atoms with E-state index in [0.29, 0.717) is 18.6 Å². The van der Waals surface area contributed by atoms with Crippen LogP contribution < -0.4 is 21.3 Å². The highest BCUT2D eigenvalue weighted by molar-refractivity contribution is 7.84. The molecule has 1 aliphatic rings. The molecule has 0 radical (unpaired) electrons. The number of ketones is 1. The molecule has 12 heteroatoms. The largest absolute Gasteiger partial charge is 0.346 e. The van der Waals surface area contributed by atoms with Gasteiger partial charge in [0.1, 0.15) is 12.1 Å². The molecule has 0 spiro atoms. The number of likely N-dealkylation sites (tertiary alicyclic amines) is 1. The fourth-order valence-corrected chi connectivity index (χ4v) is 6.86. The molecule has 1 aromatic carbocycles. The van der Waals surface area contributed by atoms with Crippen LogP contribution in [-0.2, 0) is 35.7 Å². The van der Waals surface area contributed by atoms with Crippen LogP contribution in [0.15, 0.2) is 43.0 Å². The van der Waals surface area contributed by atoms with Crippen LogP contribution in [-0.4, -0.2) is 81.7 Å². The molecule has 324 valence electrons. The summed E-state index contributed by atoms with van der Waals surface area (Å²) in [7, 11) is -1.22. The van der Waals surface area contributed by atoms with Crippen molar-refractivity contribution in [1.82, 2.24) is 26.2 Å². The smallest absolute Gasteiger partial charge is 0.315 e. The molecular formula is C45H77N5O6S. The van der Waals surface area contributed by atoms with Crippen LogP contribution in [0.25, 0.3) is 0 Å². The van der Waals surface area contributed by atoms with Gasteiger partial charge in [-0.1, -0.05) is 145 Å².